The van der Waals surface area contributed by atoms with Crippen molar-refractivity contribution < 1.29 is 0 Å². The van der Waals surface area contributed by atoms with Crippen LogP contribution in [-0.4, -0.2) is 13.7 Å². The second-order valence-corrected chi connectivity index (χ2v) is 19.7. The first-order valence-corrected chi connectivity index (χ1v) is 25.8. The average molecular weight is 954 g/mol. The van der Waals surface area contributed by atoms with Crippen LogP contribution in [0.5, 0.6) is 0 Å². The van der Waals surface area contributed by atoms with Gasteiger partial charge in [0.25, 0.3) is 0 Å². The van der Waals surface area contributed by atoms with Gasteiger partial charge in [-0.2, -0.15) is 0 Å². The number of nitrogens with zero attached hydrogens (tertiary/aromatic N) is 3. The number of benzene rings is 12. The van der Waals surface area contributed by atoms with Gasteiger partial charge in [-0.15, -0.1) is 0 Å². The maximum atomic E-state index is 2.50. The summed E-state index contributed by atoms with van der Waals surface area (Å²) < 4.78 is 7.41. The fourth-order valence-corrected chi connectivity index (χ4v) is 11.9. The van der Waals surface area contributed by atoms with E-state index in [1.54, 1.807) is 0 Å². The smallest absolute Gasteiger partial charge is 0.0542 e. The molecule has 0 amide bonds. The van der Waals surface area contributed by atoms with Gasteiger partial charge in [0, 0.05) is 49.3 Å². The Morgan fingerprint density at radius 3 is 0.920 bits per heavy atom. The predicted molar refractivity (Wildman–Crippen MR) is 317 cm³/mol. The van der Waals surface area contributed by atoms with Gasteiger partial charge < -0.3 is 13.7 Å². The van der Waals surface area contributed by atoms with E-state index >= 15 is 0 Å². The van der Waals surface area contributed by atoms with E-state index in [1.807, 2.05) is 0 Å². The lowest BCUT2D eigenvalue weighted by molar-refractivity contribution is 1.14. The van der Waals surface area contributed by atoms with Crippen LogP contribution in [-0.2, 0) is 0 Å². The number of fused-ring (bicyclic) bond motifs is 9. The molecule has 3 aromatic heterocycles. The van der Waals surface area contributed by atoms with E-state index in [2.05, 4.69) is 299 Å². The van der Waals surface area contributed by atoms with Gasteiger partial charge in [0.1, 0.15) is 0 Å². The van der Waals surface area contributed by atoms with Crippen LogP contribution >= 0.6 is 0 Å². The molecule has 0 fully saturated rings. The van der Waals surface area contributed by atoms with Crippen molar-refractivity contribution >= 4 is 65.4 Å². The molecule has 3 nitrogen and oxygen atoms in total. The van der Waals surface area contributed by atoms with Crippen molar-refractivity contribution in [2.75, 3.05) is 0 Å². The first-order valence-electron chi connectivity index (χ1n) is 25.8. The summed E-state index contributed by atoms with van der Waals surface area (Å²) >= 11 is 0. The first kappa shape index (κ1) is 42.7. The van der Waals surface area contributed by atoms with Gasteiger partial charge in [0.05, 0.1) is 38.8 Å². The summed E-state index contributed by atoms with van der Waals surface area (Å²) in [5.41, 5.74) is 22.1. The lowest BCUT2D eigenvalue weighted by Gasteiger charge is -2.18. The Balaban J connectivity index is 1.01. The van der Waals surface area contributed by atoms with Crippen LogP contribution in [0.4, 0.5) is 0 Å². The highest BCUT2D eigenvalue weighted by Gasteiger charge is 2.22. The highest BCUT2D eigenvalue weighted by atomic mass is 15.0. The Kier molecular flexibility index (Phi) is 9.89. The van der Waals surface area contributed by atoms with Crippen molar-refractivity contribution in [3.63, 3.8) is 0 Å². The molecule has 0 aliphatic carbocycles. The van der Waals surface area contributed by atoms with Crippen molar-refractivity contribution in [2.24, 2.45) is 0 Å². The van der Waals surface area contributed by atoms with Gasteiger partial charge in [-0.05, 0) is 141 Å². The Morgan fingerprint density at radius 1 is 0.173 bits per heavy atom. The van der Waals surface area contributed by atoms with E-state index in [0.29, 0.717) is 0 Å². The summed E-state index contributed by atoms with van der Waals surface area (Å²) in [4.78, 5) is 0. The molecule has 0 spiro atoms. The number of hydrogen-bond acceptors (Lipinski definition) is 0. The molecule has 3 heterocycles. The fourth-order valence-electron chi connectivity index (χ4n) is 11.9. The molecule has 0 radical (unpaired) electrons. The highest BCUT2D eigenvalue weighted by molar-refractivity contribution is 6.14. The fraction of sp³-hybridized carbons (Fsp3) is 0. The maximum Gasteiger partial charge on any atom is 0.0542 e. The minimum Gasteiger partial charge on any atom is -0.309 e. The third-order valence-electron chi connectivity index (χ3n) is 15.4. The molecular formula is C72H47N3. The van der Waals surface area contributed by atoms with Gasteiger partial charge in [-0.25, -0.2) is 0 Å². The summed E-state index contributed by atoms with van der Waals surface area (Å²) in [6.45, 7) is 0. The largest absolute Gasteiger partial charge is 0.309 e. The number of para-hydroxylation sites is 2. The molecule has 0 saturated heterocycles. The molecule has 15 aromatic rings. The van der Waals surface area contributed by atoms with Gasteiger partial charge in [-0.1, -0.05) is 194 Å². The molecule has 15 rings (SSSR count). The third-order valence-corrected chi connectivity index (χ3v) is 15.4. The average Bonchev–Trinajstić information content (AvgIpc) is 4.19. The molecule has 0 saturated carbocycles. The van der Waals surface area contributed by atoms with Crippen molar-refractivity contribution in [1.82, 2.24) is 13.7 Å². The number of hydrogen-bond donors (Lipinski definition) is 0. The second kappa shape index (κ2) is 17.4. The Bertz CT molecular complexity index is 4430. The van der Waals surface area contributed by atoms with Crippen molar-refractivity contribution in [2.45, 2.75) is 0 Å². The highest BCUT2D eigenvalue weighted by Crippen LogP contribution is 2.44. The quantitative estimate of drug-likeness (QED) is 0.144. The van der Waals surface area contributed by atoms with E-state index < -0.39 is 0 Å². The lowest BCUT2D eigenvalue weighted by Crippen LogP contribution is -2.01. The van der Waals surface area contributed by atoms with Crippen molar-refractivity contribution in [3.05, 3.63) is 285 Å². The van der Waals surface area contributed by atoms with Crippen LogP contribution in [0.15, 0.2) is 285 Å². The Morgan fingerprint density at radius 2 is 0.507 bits per heavy atom. The summed E-state index contributed by atoms with van der Waals surface area (Å²) in [5.74, 6) is 0. The SMILES string of the molecule is c1ccc(-c2ccc3c(c2)c2cc(-c4ccccc4)ccc2n3-c2ccc(-n3c4ccc(-c5ccccc5)cc4c4cc(-c5ccccc5)ccc43)c(-c3cccc(-n4c5ccccc5c5ccccc54)c3)c2)cc1. The molecule has 0 atom stereocenters. The normalized spacial score (nSPS) is 11.7. The Labute approximate surface area is 434 Å². The van der Waals surface area contributed by atoms with Crippen LogP contribution in [0.3, 0.4) is 0 Å². The molecule has 0 aliphatic heterocycles. The molecular weight excluding hydrogens is 907 g/mol. The molecule has 0 aliphatic rings. The molecule has 75 heavy (non-hydrogen) atoms. The van der Waals surface area contributed by atoms with Gasteiger partial charge in [-0.3, -0.25) is 0 Å². The topological polar surface area (TPSA) is 14.8 Å². The molecule has 0 N–H and O–H groups in total. The van der Waals surface area contributed by atoms with E-state index in [9.17, 15) is 0 Å². The predicted octanol–water partition coefficient (Wildman–Crippen LogP) is 19.3. The summed E-state index contributed by atoms with van der Waals surface area (Å²) in [6, 6.07) is 105. The van der Waals surface area contributed by atoms with E-state index in [0.717, 1.165) is 50.3 Å². The minimum absolute atomic E-state index is 1.09. The lowest BCUT2D eigenvalue weighted by atomic mass is 10.0. The molecule has 0 unspecified atom stereocenters. The standard InChI is InChI=1S/C72H47N3/c1-5-18-48(19-6-1)52-32-37-69-62(43-52)63-44-53(49-20-7-2-8-21-49)33-38-70(63)74(69)58-36-41-68(61(47-58)56-26-17-27-57(42-56)73-66-30-15-13-28-59(66)60-29-14-16-31-67(60)73)75-71-39-34-54(50-22-9-3-10-23-50)45-64(71)65-46-55(35-40-72(65)75)51-24-11-4-12-25-51/h1-47H. The maximum absolute atomic E-state index is 2.50. The zero-order valence-electron chi connectivity index (χ0n) is 41.0. The molecule has 350 valence electrons. The third kappa shape index (κ3) is 7.05. The van der Waals surface area contributed by atoms with Crippen LogP contribution < -0.4 is 0 Å². The zero-order valence-corrected chi connectivity index (χ0v) is 41.0. The molecule has 0 bridgehead atoms. The van der Waals surface area contributed by atoms with Gasteiger partial charge in [0.2, 0.25) is 0 Å². The summed E-state index contributed by atoms with van der Waals surface area (Å²) in [5, 5.41) is 7.35. The van der Waals surface area contributed by atoms with Crippen LogP contribution in [0.2, 0.25) is 0 Å². The van der Waals surface area contributed by atoms with Crippen molar-refractivity contribution in [3.8, 4) is 72.7 Å². The zero-order chi connectivity index (χ0) is 49.4. The van der Waals surface area contributed by atoms with Gasteiger partial charge in [0.15, 0.2) is 0 Å². The summed E-state index contributed by atoms with van der Waals surface area (Å²) in [6.07, 6.45) is 0. The Hall–Kier alpha value is -9.96. The van der Waals surface area contributed by atoms with Crippen LogP contribution in [0.25, 0.3) is 138 Å². The van der Waals surface area contributed by atoms with Crippen LogP contribution in [0.1, 0.15) is 0 Å². The molecule has 3 heteroatoms. The number of rotatable bonds is 8. The van der Waals surface area contributed by atoms with E-state index in [1.165, 1.54) is 87.9 Å². The molecule has 12 aromatic carbocycles. The van der Waals surface area contributed by atoms with Crippen LogP contribution in [0, 0.1) is 0 Å². The number of aromatic nitrogens is 3. The second-order valence-electron chi connectivity index (χ2n) is 19.7. The van der Waals surface area contributed by atoms with E-state index in [4.69, 9.17) is 0 Å². The van der Waals surface area contributed by atoms with Crippen molar-refractivity contribution in [1.29, 1.82) is 0 Å². The minimum atomic E-state index is 1.09. The monoisotopic (exact) mass is 953 g/mol. The van der Waals surface area contributed by atoms with E-state index in [-0.39, 0.29) is 0 Å². The van der Waals surface area contributed by atoms with Gasteiger partial charge >= 0.3 is 0 Å². The summed E-state index contributed by atoms with van der Waals surface area (Å²) in [7, 11) is 0. The first-order chi connectivity index (χ1) is 37.2.